The molecule has 36 heavy (non-hydrogen) atoms. The van der Waals surface area contributed by atoms with E-state index >= 15 is 0 Å². The molecule has 3 unspecified atom stereocenters. The zero-order chi connectivity index (χ0) is 26.5. The summed E-state index contributed by atoms with van der Waals surface area (Å²) in [6.45, 7) is 3.84. The average molecular weight is 510 g/mol. The standard InChI is InChI=1S/C25H25F3O8/c1-14(2)23(31)35-13-16(30)12-34-18-4-3-15-9-20(24(32)36-22(15)11-18)19-6-5-17(33-8-7-29)10-21(19)25(26,27)28/h3-6,9-11,15-16,22,29-30H,1,7-8,12-13H2,2H3. The van der Waals surface area contributed by atoms with E-state index < -0.39 is 41.8 Å². The zero-order valence-electron chi connectivity index (χ0n) is 19.3. The van der Waals surface area contributed by atoms with Crippen LogP contribution >= 0.6 is 0 Å². The molecule has 3 atom stereocenters. The fraction of sp³-hybridized carbons (Fsp3) is 0.360. The molecule has 1 aromatic rings. The first-order valence-corrected chi connectivity index (χ1v) is 10.9. The minimum Gasteiger partial charge on any atom is -0.491 e. The molecule has 1 heterocycles. The molecule has 0 radical (unpaired) electrons. The van der Waals surface area contributed by atoms with Gasteiger partial charge in [-0.15, -0.1) is 0 Å². The number of benzene rings is 1. The van der Waals surface area contributed by atoms with E-state index in [1.807, 2.05) is 0 Å². The van der Waals surface area contributed by atoms with Gasteiger partial charge in [0.1, 0.15) is 43.5 Å². The molecule has 0 spiro atoms. The third kappa shape index (κ3) is 6.76. The molecule has 3 rings (SSSR count). The molecular formula is C25H25F3O8. The fourth-order valence-electron chi connectivity index (χ4n) is 3.43. The van der Waals surface area contributed by atoms with Gasteiger partial charge in [-0.2, -0.15) is 13.2 Å². The number of halogens is 3. The summed E-state index contributed by atoms with van der Waals surface area (Å²) >= 11 is 0. The van der Waals surface area contributed by atoms with E-state index in [4.69, 9.17) is 24.1 Å². The van der Waals surface area contributed by atoms with Gasteiger partial charge in [-0.1, -0.05) is 18.7 Å². The van der Waals surface area contributed by atoms with Crippen LogP contribution in [0.4, 0.5) is 13.2 Å². The number of ether oxygens (including phenoxy) is 4. The van der Waals surface area contributed by atoms with Crippen molar-refractivity contribution in [3.63, 3.8) is 0 Å². The summed E-state index contributed by atoms with van der Waals surface area (Å²) in [4.78, 5) is 24.0. The van der Waals surface area contributed by atoms with Crippen molar-refractivity contribution in [1.29, 1.82) is 0 Å². The Morgan fingerprint density at radius 1 is 1.22 bits per heavy atom. The van der Waals surface area contributed by atoms with E-state index in [-0.39, 0.29) is 54.6 Å². The van der Waals surface area contributed by atoms with Crippen molar-refractivity contribution in [2.24, 2.45) is 5.92 Å². The highest BCUT2D eigenvalue weighted by Gasteiger charge is 2.39. The Kier molecular flexibility index (Phi) is 8.59. The van der Waals surface area contributed by atoms with E-state index in [0.29, 0.717) is 0 Å². The summed E-state index contributed by atoms with van der Waals surface area (Å²) in [7, 11) is 0. The van der Waals surface area contributed by atoms with Crippen molar-refractivity contribution < 1.29 is 51.9 Å². The van der Waals surface area contributed by atoms with E-state index in [0.717, 1.165) is 12.1 Å². The molecular weight excluding hydrogens is 485 g/mol. The van der Waals surface area contributed by atoms with Crippen LogP contribution in [0.2, 0.25) is 0 Å². The van der Waals surface area contributed by atoms with Crippen molar-refractivity contribution >= 4 is 17.5 Å². The zero-order valence-corrected chi connectivity index (χ0v) is 19.3. The topological polar surface area (TPSA) is 112 Å². The lowest BCUT2D eigenvalue weighted by molar-refractivity contribution is -0.143. The van der Waals surface area contributed by atoms with Crippen LogP contribution in [0.3, 0.4) is 0 Å². The van der Waals surface area contributed by atoms with Gasteiger partial charge >= 0.3 is 18.1 Å². The summed E-state index contributed by atoms with van der Waals surface area (Å²) in [5.74, 6) is -1.96. The second-order valence-corrected chi connectivity index (χ2v) is 8.08. The maximum absolute atomic E-state index is 13.7. The molecule has 0 bridgehead atoms. The molecule has 8 nitrogen and oxygen atoms in total. The second kappa shape index (κ2) is 11.4. The second-order valence-electron chi connectivity index (χ2n) is 8.08. The molecule has 2 aliphatic rings. The number of carbonyl (C=O) groups excluding carboxylic acids is 2. The number of aliphatic hydroxyl groups is 2. The third-order valence-corrected chi connectivity index (χ3v) is 5.16. The number of rotatable bonds is 10. The quantitative estimate of drug-likeness (QED) is 0.365. The number of esters is 2. The number of hydrogen-bond acceptors (Lipinski definition) is 8. The summed E-state index contributed by atoms with van der Waals surface area (Å²) in [6, 6.07) is 3.18. The molecule has 0 fully saturated rings. The van der Waals surface area contributed by atoms with Gasteiger partial charge in [0.05, 0.1) is 17.7 Å². The van der Waals surface area contributed by atoms with Crippen molar-refractivity contribution in [1.82, 2.24) is 0 Å². The van der Waals surface area contributed by atoms with E-state index in [1.54, 1.807) is 6.08 Å². The SMILES string of the molecule is C=C(C)C(=O)OCC(O)COC1=CC2OC(=O)C(c3ccc(OCCO)cc3C(F)(F)F)=CC2C=C1. The van der Waals surface area contributed by atoms with Gasteiger partial charge in [0, 0.05) is 17.1 Å². The molecule has 0 aromatic heterocycles. The van der Waals surface area contributed by atoms with Gasteiger partial charge in [-0.3, -0.25) is 0 Å². The van der Waals surface area contributed by atoms with Crippen LogP contribution in [-0.2, 0) is 30.0 Å². The molecule has 0 saturated heterocycles. The minimum absolute atomic E-state index is 0.0957. The van der Waals surface area contributed by atoms with Crippen LogP contribution in [0.5, 0.6) is 5.75 Å². The van der Waals surface area contributed by atoms with Gasteiger partial charge < -0.3 is 29.2 Å². The maximum Gasteiger partial charge on any atom is 0.417 e. The van der Waals surface area contributed by atoms with Crippen LogP contribution in [0.1, 0.15) is 18.1 Å². The van der Waals surface area contributed by atoms with Gasteiger partial charge in [-0.25, -0.2) is 9.59 Å². The van der Waals surface area contributed by atoms with Crippen molar-refractivity contribution in [3.05, 3.63) is 71.5 Å². The Morgan fingerprint density at radius 2 is 1.97 bits per heavy atom. The van der Waals surface area contributed by atoms with Gasteiger partial charge in [-0.05, 0) is 37.3 Å². The summed E-state index contributed by atoms with van der Waals surface area (Å²) in [5.41, 5.74) is -1.48. The Hall–Kier alpha value is -3.57. The van der Waals surface area contributed by atoms with Crippen LogP contribution in [-0.4, -0.2) is 60.8 Å². The molecule has 194 valence electrons. The lowest BCUT2D eigenvalue weighted by Gasteiger charge is -2.30. The molecule has 0 amide bonds. The number of hydrogen-bond donors (Lipinski definition) is 2. The van der Waals surface area contributed by atoms with Crippen LogP contribution in [0.15, 0.2) is 60.4 Å². The lowest BCUT2D eigenvalue weighted by atomic mass is 9.88. The fourth-order valence-corrected chi connectivity index (χ4v) is 3.43. The summed E-state index contributed by atoms with van der Waals surface area (Å²) in [6.07, 6.45) is -0.700. The molecule has 1 aliphatic carbocycles. The number of carbonyl (C=O) groups is 2. The summed E-state index contributed by atoms with van der Waals surface area (Å²) < 4.78 is 61.9. The Bertz CT molecular complexity index is 1100. The monoisotopic (exact) mass is 510 g/mol. The number of allylic oxidation sites excluding steroid dienone is 1. The smallest absolute Gasteiger partial charge is 0.417 e. The van der Waals surface area contributed by atoms with E-state index in [2.05, 4.69) is 6.58 Å². The van der Waals surface area contributed by atoms with Crippen molar-refractivity contribution in [3.8, 4) is 5.75 Å². The first-order valence-electron chi connectivity index (χ1n) is 10.9. The third-order valence-electron chi connectivity index (χ3n) is 5.16. The largest absolute Gasteiger partial charge is 0.491 e. The van der Waals surface area contributed by atoms with E-state index in [1.165, 1.54) is 31.2 Å². The van der Waals surface area contributed by atoms with Crippen LogP contribution in [0, 0.1) is 5.92 Å². The van der Waals surface area contributed by atoms with Crippen molar-refractivity contribution in [2.45, 2.75) is 25.3 Å². The number of aliphatic hydroxyl groups excluding tert-OH is 2. The highest BCUT2D eigenvalue weighted by molar-refractivity contribution is 6.17. The predicted octanol–water partition coefficient (Wildman–Crippen LogP) is 2.95. The van der Waals surface area contributed by atoms with Crippen LogP contribution in [0.25, 0.3) is 5.57 Å². The number of alkyl halides is 3. The lowest BCUT2D eigenvalue weighted by Crippen LogP contribution is -2.31. The first-order chi connectivity index (χ1) is 17.0. The molecule has 11 heteroatoms. The van der Waals surface area contributed by atoms with Crippen LogP contribution < -0.4 is 4.74 Å². The Morgan fingerprint density at radius 3 is 2.64 bits per heavy atom. The Balaban J connectivity index is 1.72. The predicted molar refractivity (Wildman–Crippen MR) is 120 cm³/mol. The van der Waals surface area contributed by atoms with Gasteiger partial charge in [0.2, 0.25) is 0 Å². The van der Waals surface area contributed by atoms with Crippen molar-refractivity contribution in [2.75, 3.05) is 26.4 Å². The Labute approximate surface area is 204 Å². The maximum atomic E-state index is 13.7. The normalized spacial score (nSPS) is 19.9. The highest BCUT2D eigenvalue weighted by Crippen LogP contribution is 2.40. The van der Waals surface area contributed by atoms with Gasteiger partial charge in [0.25, 0.3) is 0 Å². The van der Waals surface area contributed by atoms with E-state index in [9.17, 15) is 27.9 Å². The highest BCUT2D eigenvalue weighted by atomic mass is 19.4. The van der Waals surface area contributed by atoms with Gasteiger partial charge in [0.15, 0.2) is 0 Å². The minimum atomic E-state index is -4.77. The average Bonchev–Trinajstić information content (AvgIpc) is 2.83. The molecule has 2 N–H and O–H groups in total. The molecule has 0 saturated carbocycles. The first kappa shape index (κ1) is 27.0. The number of fused-ring (bicyclic) bond motifs is 1. The molecule has 1 aliphatic heterocycles. The molecule has 1 aromatic carbocycles. The summed E-state index contributed by atoms with van der Waals surface area (Å²) in [5, 5.41) is 18.7.